The zero-order valence-corrected chi connectivity index (χ0v) is 16.9. The molecule has 0 atom stereocenters. The molecular formula is C20H28N3O3S+. The zero-order chi connectivity index (χ0) is 19.0. The van der Waals surface area contributed by atoms with E-state index in [0.717, 1.165) is 55.9 Å². The highest BCUT2D eigenvalue weighted by Gasteiger charge is 2.31. The first kappa shape index (κ1) is 18.7. The summed E-state index contributed by atoms with van der Waals surface area (Å²) in [6.07, 6.45) is 4.42. The molecule has 0 saturated carbocycles. The van der Waals surface area contributed by atoms with E-state index >= 15 is 0 Å². The summed E-state index contributed by atoms with van der Waals surface area (Å²) in [6, 6.07) is 5.72. The van der Waals surface area contributed by atoms with Crippen LogP contribution in [0.15, 0.2) is 27.6 Å². The van der Waals surface area contributed by atoms with Gasteiger partial charge in [0.15, 0.2) is 0 Å². The Morgan fingerprint density at radius 2 is 1.81 bits per heavy atom. The van der Waals surface area contributed by atoms with Crippen molar-refractivity contribution in [2.75, 3.05) is 26.2 Å². The standard InChI is InChI=1S/C20H27N3O3S/c1-15-20(16(2)26-21-15)14-22-9-11-23(12-10-22)27(24,25)19-8-7-17-5-3-4-6-18(17)13-19/h7-8,13H,3-6,9-12,14H2,1-2H3/p+1. The van der Waals surface area contributed by atoms with Gasteiger partial charge in [-0.2, -0.15) is 4.31 Å². The Kier molecular flexibility index (Phi) is 5.09. The molecule has 1 fully saturated rings. The van der Waals surface area contributed by atoms with Crippen molar-refractivity contribution in [3.8, 4) is 0 Å². The Morgan fingerprint density at radius 1 is 1.11 bits per heavy atom. The maximum Gasteiger partial charge on any atom is 0.243 e. The van der Waals surface area contributed by atoms with Crippen molar-refractivity contribution in [1.29, 1.82) is 0 Å². The highest BCUT2D eigenvalue weighted by Crippen LogP contribution is 2.25. The topological polar surface area (TPSA) is 67.8 Å². The van der Waals surface area contributed by atoms with E-state index in [4.69, 9.17) is 4.52 Å². The molecule has 27 heavy (non-hydrogen) atoms. The second-order valence-electron chi connectivity index (χ2n) is 7.77. The van der Waals surface area contributed by atoms with Crippen LogP contribution in [0.1, 0.15) is 41.0 Å². The summed E-state index contributed by atoms with van der Waals surface area (Å²) in [5.41, 5.74) is 4.61. The lowest BCUT2D eigenvalue weighted by Crippen LogP contribution is -3.13. The van der Waals surface area contributed by atoms with Crippen molar-refractivity contribution >= 4 is 10.0 Å². The van der Waals surface area contributed by atoms with E-state index in [-0.39, 0.29) is 0 Å². The fourth-order valence-electron chi connectivity index (χ4n) is 4.24. The molecule has 0 unspecified atom stereocenters. The number of rotatable bonds is 4. The highest BCUT2D eigenvalue weighted by molar-refractivity contribution is 7.89. The molecule has 7 heteroatoms. The molecule has 1 aromatic carbocycles. The molecule has 0 radical (unpaired) electrons. The van der Waals surface area contributed by atoms with Gasteiger partial charge in [-0.15, -0.1) is 0 Å². The van der Waals surface area contributed by atoms with E-state index in [1.807, 2.05) is 26.0 Å². The number of hydrogen-bond donors (Lipinski definition) is 1. The molecule has 146 valence electrons. The van der Waals surface area contributed by atoms with Gasteiger partial charge in [0.1, 0.15) is 12.3 Å². The molecule has 6 nitrogen and oxygen atoms in total. The van der Waals surface area contributed by atoms with Crippen molar-refractivity contribution in [3.05, 3.63) is 46.3 Å². The summed E-state index contributed by atoms with van der Waals surface area (Å²) < 4.78 is 33.1. The number of fused-ring (bicyclic) bond motifs is 1. The molecule has 2 aromatic rings. The molecule has 1 saturated heterocycles. The third kappa shape index (κ3) is 3.68. The second-order valence-corrected chi connectivity index (χ2v) is 9.71. The molecular weight excluding hydrogens is 362 g/mol. The number of nitrogens with zero attached hydrogens (tertiary/aromatic N) is 2. The lowest BCUT2D eigenvalue weighted by molar-refractivity contribution is -0.917. The van der Waals surface area contributed by atoms with Crippen molar-refractivity contribution in [1.82, 2.24) is 9.46 Å². The van der Waals surface area contributed by atoms with Gasteiger partial charge in [-0.3, -0.25) is 0 Å². The molecule has 1 N–H and O–H groups in total. The first-order chi connectivity index (χ1) is 12.9. The minimum absolute atomic E-state index is 0.456. The number of nitrogens with one attached hydrogen (secondary N) is 1. The molecule has 2 aliphatic rings. The minimum atomic E-state index is -3.41. The predicted octanol–water partition coefficient (Wildman–Crippen LogP) is 1.26. The van der Waals surface area contributed by atoms with Gasteiger partial charge >= 0.3 is 0 Å². The van der Waals surface area contributed by atoms with E-state index in [2.05, 4.69) is 5.16 Å². The van der Waals surface area contributed by atoms with Gasteiger partial charge in [0, 0.05) is 0 Å². The van der Waals surface area contributed by atoms with Crippen molar-refractivity contribution < 1.29 is 17.8 Å². The highest BCUT2D eigenvalue weighted by atomic mass is 32.2. The first-order valence-electron chi connectivity index (χ1n) is 9.82. The third-order valence-corrected chi connectivity index (χ3v) is 7.89. The summed E-state index contributed by atoms with van der Waals surface area (Å²) in [4.78, 5) is 1.83. The SMILES string of the molecule is Cc1noc(C)c1C[NH+]1CCN(S(=O)(=O)c2ccc3c(c2)CCCC3)CC1. The fraction of sp³-hybridized carbons (Fsp3) is 0.550. The number of benzene rings is 1. The van der Waals surface area contributed by atoms with E-state index in [0.29, 0.717) is 18.0 Å². The van der Waals surface area contributed by atoms with Crippen molar-refractivity contribution in [2.24, 2.45) is 0 Å². The average molecular weight is 391 g/mol. The molecule has 2 heterocycles. The zero-order valence-electron chi connectivity index (χ0n) is 16.1. The molecule has 1 aliphatic carbocycles. The Hall–Kier alpha value is -1.70. The Labute approximate surface area is 161 Å². The largest absolute Gasteiger partial charge is 0.361 e. The number of piperazine rings is 1. The maximum absolute atomic E-state index is 13.1. The quantitative estimate of drug-likeness (QED) is 0.854. The van der Waals surface area contributed by atoms with Crippen LogP contribution in [0.3, 0.4) is 0 Å². The van der Waals surface area contributed by atoms with Gasteiger partial charge < -0.3 is 9.42 Å². The molecule has 4 rings (SSSR count). The van der Waals surface area contributed by atoms with Crippen LogP contribution in [0, 0.1) is 13.8 Å². The average Bonchev–Trinajstić information content (AvgIpc) is 3.00. The minimum Gasteiger partial charge on any atom is -0.361 e. The molecule has 1 aliphatic heterocycles. The van der Waals surface area contributed by atoms with Crippen molar-refractivity contribution in [3.63, 3.8) is 0 Å². The number of hydrogen-bond acceptors (Lipinski definition) is 4. The summed E-state index contributed by atoms with van der Waals surface area (Å²) in [7, 11) is -3.41. The van der Waals surface area contributed by atoms with Gasteiger partial charge in [-0.1, -0.05) is 11.2 Å². The Morgan fingerprint density at radius 3 is 2.48 bits per heavy atom. The van der Waals surface area contributed by atoms with E-state index in [1.165, 1.54) is 22.4 Å². The lowest BCUT2D eigenvalue weighted by Gasteiger charge is -2.31. The van der Waals surface area contributed by atoms with Crippen molar-refractivity contribution in [2.45, 2.75) is 51.0 Å². The maximum atomic E-state index is 13.1. The number of aryl methyl sites for hydroxylation is 4. The van der Waals surface area contributed by atoms with Crippen LogP contribution in [-0.4, -0.2) is 44.1 Å². The summed E-state index contributed by atoms with van der Waals surface area (Å²) >= 11 is 0. The normalized spacial score (nSPS) is 19.2. The van der Waals surface area contributed by atoms with Crippen LogP contribution in [-0.2, 0) is 29.4 Å². The van der Waals surface area contributed by atoms with Gasteiger partial charge in [-0.05, 0) is 62.8 Å². The number of quaternary nitrogens is 1. The van der Waals surface area contributed by atoms with Crippen LogP contribution >= 0.6 is 0 Å². The summed E-state index contributed by atoms with van der Waals surface area (Å²) in [6.45, 7) is 7.44. The van der Waals surface area contributed by atoms with Gasteiger partial charge in [0.25, 0.3) is 0 Å². The fourth-order valence-corrected chi connectivity index (χ4v) is 5.74. The number of sulfonamides is 1. The third-order valence-electron chi connectivity index (χ3n) is 6.00. The van der Waals surface area contributed by atoms with Crippen LogP contribution in [0.4, 0.5) is 0 Å². The smallest absolute Gasteiger partial charge is 0.243 e. The molecule has 0 spiro atoms. The van der Waals surface area contributed by atoms with E-state index in [9.17, 15) is 8.42 Å². The summed E-state index contributed by atoms with van der Waals surface area (Å²) in [5.74, 6) is 0.865. The lowest BCUT2D eigenvalue weighted by atomic mass is 9.92. The molecule has 0 bridgehead atoms. The van der Waals surface area contributed by atoms with Crippen LogP contribution in [0.2, 0.25) is 0 Å². The summed E-state index contributed by atoms with van der Waals surface area (Å²) in [5, 5.41) is 4.02. The van der Waals surface area contributed by atoms with Crippen LogP contribution < -0.4 is 4.90 Å². The Balaban J connectivity index is 1.44. The van der Waals surface area contributed by atoms with E-state index < -0.39 is 10.0 Å². The van der Waals surface area contributed by atoms with Crippen LogP contribution in [0.25, 0.3) is 0 Å². The molecule has 0 amide bonds. The van der Waals surface area contributed by atoms with Gasteiger partial charge in [0.05, 0.1) is 42.3 Å². The predicted molar refractivity (Wildman–Crippen MR) is 102 cm³/mol. The monoisotopic (exact) mass is 390 g/mol. The van der Waals surface area contributed by atoms with Gasteiger partial charge in [-0.25, -0.2) is 8.42 Å². The number of aromatic nitrogens is 1. The molecule has 1 aromatic heterocycles. The van der Waals surface area contributed by atoms with Gasteiger partial charge in [0.2, 0.25) is 10.0 Å². The van der Waals surface area contributed by atoms with Crippen LogP contribution in [0.5, 0.6) is 0 Å². The Bertz CT molecular complexity index is 908. The van der Waals surface area contributed by atoms with E-state index in [1.54, 1.807) is 10.4 Å². The first-order valence-corrected chi connectivity index (χ1v) is 11.3. The second kappa shape index (κ2) is 7.37.